The largest absolute Gasteiger partial charge is 0.497 e. The molecule has 1 N–H and O–H groups in total. The standard InChI is InChI=1S/C29H34ClN3O5S/c1-5-18-31-29(35)22(3)32(19-23-8-10-24(30)11-9-23)28(34)20-33(25-12-6-21(2)7-13-25)39(36,37)27-16-14-26(38-4)15-17-27/h6-17,22H,5,18-20H2,1-4H3,(H,31,35). The Balaban J connectivity index is 2.00. The van der Waals surface area contributed by atoms with Crippen molar-refractivity contribution < 1.29 is 22.7 Å². The molecule has 0 aliphatic carbocycles. The Labute approximate surface area is 235 Å². The first-order valence-electron chi connectivity index (χ1n) is 12.6. The molecule has 208 valence electrons. The number of anilines is 1. The predicted molar refractivity (Wildman–Crippen MR) is 153 cm³/mol. The molecule has 0 spiro atoms. The molecule has 1 atom stereocenters. The molecule has 3 aromatic rings. The van der Waals surface area contributed by atoms with Crippen molar-refractivity contribution in [3.8, 4) is 5.75 Å². The first-order valence-corrected chi connectivity index (χ1v) is 14.4. The Morgan fingerprint density at radius 3 is 2.15 bits per heavy atom. The normalized spacial score (nSPS) is 11.9. The summed E-state index contributed by atoms with van der Waals surface area (Å²) in [5.74, 6) is -0.339. The minimum Gasteiger partial charge on any atom is -0.497 e. The molecule has 0 fully saturated rings. The summed E-state index contributed by atoms with van der Waals surface area (Å²) in [4.78, 5) is 28.1. The van der Waals surface area contributed by atoms with E-state index in [2.05, 4.69) is 5.32 Å². The number of hydrogen-bond donors (Lipinski definition) is 1. The first kappa shape index (κ1) is 30.0. The van der Waals surface area contributed by atoms with Crippen molar-refractivity contribution in [2.75, 3.05) is 24.5 Å². The van der Waals surface area contributed by atoms with E-state index in [4.69, 9.17) is 16.3 Å². The SMILES string of the molecule is CCCNC(=O)C(C)N(Cc1ccc(Cl)cc1)C(=O)CN(c1ccc(C)cc1)S(=O)(=O)c1ccc(OC)cc1. The van der Waals surface area contributed by atoms with E-state index in [-0.39, 0.29) is 17.3 Å². The fraction of sp³-hybridized carbons (Fsp3) is 0.310. The third kappa shape index (κ3) is 7.74. The number of rotatable bonds is 12. The Morgan fingerprint density at radius 1 is 0.974 bits per heavy atom. The van der Waals surface area contributed by atoms with Crippen molar-refractivity contribution in [3.05, 3.63) is 88.9 Å². The maximum absolute atomic E-state index is 13.9. The lowest BCUT2D eigenvalue weighted by atomic mass is 10.1. The van der Waals surface area contributed by atoms with Crippen molar-refractivity contribution in [2.45, 2.75) is 44.7 Å². The maximum Gasteiger partial charge on any atom is 0.264 e. The van der Waals surface area contributed by atoms with Gasteiger partial charge in [-0.25, -0.2) is 8.42 Å². The van der Waals surface area contributed by atoms with Gasteiger partial charge in [0.2, 0.25) is 11.8 Å². The van der Waals surface area contributed by atoms with Gasteiger partial charge in [-0.2, -0.15) is 0 Å². The third-order valence-electron chi connectivity index (χ3n) is 6.23. The third-order valence-corrected chi connectivity index (χ3v) is 8.27. The summed E-state index contributed by atoms with van der Waals surface area (Å²) >= 11 is 6.03. The van der Waals surface area contributed by atoms with Crippen LogP contribution in [-0.2, 0) is 26.2 Å². The number of hydrogen-bond acceptors (Lipinski definition) is 5. The first-order chi connectivity index (χ1) is 18.6. The second kappa shape index (κ2) is 13.5. The van der Waals surface area contributed by atoms with Crippen LogP contribution in [0.15, 0.2) is 77.7 Å². The van der Waals surface area contributed by atoms with E-state index >= 15 is 0 Å². The number of carbonyl (C=O) groups excluding carboxylic acids is 2. The van der Waals surface area contributed by atoms with Crippen LogP contribution in [0.2, 0.25) is 5.02 Å². The molecule has 39 heavy (non-hydrogen) atoms. The van der Waals surface area contributed by atoms with E-state index in [1.165, 1.54) is 24.1 Å². The molecule has 0 aliphatic heterocycles. The van der Waals surface area contributed by atoms with Crippen molar-refractivity contribution in [1.82, 2.24) is 10.2 Å². The van der Waals surface area contributed by atoms with Crippen molar-refractivity contribution in [1.29, 1.82) is 0 Å². The van der Waals surface area contributed by atoms with E-state index in [1.54, 1.807) is 67.6 Å². The van der Waals surface area contributed by atoms with Gasteiger partial charge in [0.05, 0.1) is 17.7 Å². The van der Waals surface area contributed by atoms with E-state index in [1.807, 2.05) is 13.8 Å². The van der Waals surface area contributed by atoms with Gasteiger partial charge in [-0.05, 0) is 74.4 Å². The molecule has 0 aromatic heterocycles. The molecule has 2 amide bonds. The molecule has 8 nitrogen and oxygen atoms in total. The van der Waals surface area contributed by atoms with Crippen LogP contribution in [0, 0.1) is 6.92 Å². The summed E-state index contributed by atoms with van der Waals surface area (Å²) in [7, 11) is -2.65. The maximum atomic E-state index is 13.9. The zero-order valence-corrected chi connectivity index (χ0v) is 24.1. The van der Waals surface area contributed by atoms with Gasteiger partial charge in [0.15, 0.2) is 0 Å². The number of sulfonamides is 1. The number of halogens is 1. The highest BCUT2D eigenvalue weighted by Crippen LogP contribution is 2.26. The summed E-state index contributed by atoms with van der Waals surface area (Å²) in [5, 5.41) is 3.37. The quantitative estimate of drug-likeness (QED) is 0.337. The Bertz CT molecular complexity index is 1360. The van der Waals surface area contributed by atoms with Crippen molar-refractivity contribution >= 4 is 39.1 Å². The van der Waals surface area contributed by atoms with E-state index in [0.29, 0.717) is 23.0 Å². The van der Waals surface area contributed by atoms with Crippen LogP contribution in [0.1, 0.15) is 31.4 Å². The van der Waals surface area contributed by atoms with Crippen LogP contribution in [0.4, 0.5) is 5.69 Å². The van der Waals surface area contributed by atoms with Crippen LogP contribution in [0.3, 0.4) is 0 Å². The fourth-order valence-electron chi connectivity index (χ4n) is 3.88. The summed E-state index contributed by atoms with van der Waals surface area (Å²) in [6.45, 7) is 5.52. The second-order valence-corrected chi connectivity index (χ2v) is 11.4. The molecule has 0 aliphatic rings. The van der Waals surface area contributed by atoms with Gasteiger partial charge in [-0.15, -0.1) is 0 Å². The van der Waals surface area contributed by atoms with Crippen molar-refractivity contribution in [3.63, 3.8) is 0 Å². The zero-order valence-electron chi connectivity index (χ0n) is 22.6. The Kier molecular flexibility index (Phi) is 10.4. The predicted octanol–water partition coefficient (Wildman–Crippen LogP) is 4.80. The molecular weight excluding hydrogens is 538 g/mol. The number of carbonyl (C=O) groups is 2. The summed E-state index contributed by atoms with van der Waals surface area (Å²) < 4.78 is 33.9. The van der Waals surface area contributed by atoms with E-state index < -0.39 is 28.5 Å². The molecule has 0 bridgehead atoms. The minimum atomic E-state index is -4.15. The average Bonchev–Trinajstić information content (AvgIpc) is 2.94. The monoisotopic (exact) mass is 571 g/mol. The van der Waals surface area contributed by atoms with Crippen LogP contribution in [0.5, 0.6) is 5.75 Å². The zero-order chi connectivity index (χ0) is 28.6. The smallest absolute Gasteiger partial charge is 0.264 e. The second-order valence-electron chi connectivity index (χ2n) is 9.14. The summed E-state index contributed by atoms with van der Waals surface area (Å²) in [6.07, 6.45) is 0.741. The Morgan fingerprint density at radius 2 is 1.59 bits per heavy atom. The summed E-state index contributed by atoms with van der Waals surface area (Å²) in [5.41, 5.74) is 2.03. The van der Waals surface area contributed by atoms with Gasteiger partial charge in [-0.3, -0.25) is 13.9 Å². The van der Waals surface area contributed by atoms with E-state index in [0.717, 1.165) is 21.9 Å². The molecule has 0 saturated carbocycles. The van der Waals surface area contributed by atoms with Crippen molar-refractivity contribution in [2.24, 2.45) is 0 Å². The highest BCUT2D eigenvalue weighted by atomic mass is 35.5. The molecule has 3 rings (SSSR count). The number of aryl methyl sites for hydroxylation is 1. The molecule has 3 aromatic carbocycles. The van der Waals surface area contributed by atoms with E-state index in [9.17, 15) is 18.0 Å². The average molecular weight is 572 g/mol. The van der Waals surface area contributed by atoms with Gasteiger partial charge in [0, 0.05) is 18.1 Å². The lowest BCUT2D eigenvalue weighted by molar-refractivity contribution is -0.139. The summed E-state index contributed by atoms with van der Waals surface area (Å²) in [6, 6.07) is 18.9. The van der Waals surface area contributed by atoms with Gasteiger partial charge < -0.3 is 15.0 Å². The minimum absolute atomic E-state index is 0.00895. The highest BCUT2D eigenvalue weighted by molar-refractivity contribution is 7.92. The molecule has 10 heteroatoms. The number of benzene rings is 3. The lowest BCUT2D eigenvalue weighted by Crippen LogP contribution is -2.51. The number of nitrogens with one attached hydrogen (secondary N) is 1. The number of ether oxygens (including phenoxy) is 1. The number of nitrogens with zero attached hydrogens (tertiary/aromatic N) is 2. The van der Waals surface area contributed by atoms with Crippen LogP contribution < -0.4 is 14.4 Å². The van der Waals surface area contributed by atoms with Crippen LogP contribution in [0.25, 0.3) is 0 Å². The fourth-order valence-corrected chi connectivity index (χ4v) is 5.42. The van der Waals surface area contributed by atoms with Gasteiger partial charge in [-0.1, -0.05) is 48.4 Å². The van der Waals surface area contributed by atoms with Gasteiger partial charge >= 0.3 is 0 Å². The number of methoxy groups -OCH3 is 1. The molecule has 0 saturated heterocycles. The molecular formula is C29H34ClN3O5S. The topological polar surface area (TPSA) is 96.0 Å². The molecule has 0 radical (unpaired) electrons. The molecule has 1 unspecified atom stereocenters. The van der Waals surface area contributed by atoms with Gasteiger partial charge in [0.1, 0.15) is 18.3 Å². The Hall–Kier alpha value is -3.56. The van der Waals surface area contributed by atoms with Crippen LogP contribution in [-0.4, -0.2) is 51.4 Å². The van der Waals surface area contributed by atoms with Crippen LogP contribution >= 0.6 is 11.6 Å². The van der Waals surface area contributed by atoms with Gasteiger partial charge in [0.25, 0.3) is 10.0 Å². The molecule has 0 heterocycles. The number of amides is 2. The lowest BCUT2D eigenvalue weighted by Gasteiger charge is -2.32. The highest BCUT2D eigenvalue weighted by Gasteiger charge is 2.32.